The van der Waals surface area contributed by atoms with Crippen LogP contribution in [0.15, 0.2) is 0 Å². The van der Waals surface area contributed by atoms with E-state index in [0.717, 1.165) is 24.1 Å². The monoisotopic (exact) mass is 296 g/mol. The van der Waals surface area contributed by atoms with Gasteiger partial charge in [0.1, 0.15) is 0 Å². The molecule has 0 saturated carbocycles. The minimum absolute atomic E-state index is 0.201. The van der Waals surface area contributed by atoms with Crippen molar-refractivity contribution in [3.8, 4) is 0 Å². The van der Waals surface area contributed by atoms with E-state index in [-0.39, 0.29) is 5.60 Å². The number of hydrogen-bond donors (Lipinski definition) is 0. The fourth-order valence-corrected chi connectivity index (χ4v) is 2.97. The molecule has 3 heteroatoms. The Morgan fingerprint density at radius 3 is 2.92 bits per heavy atom. The van der Waals surface area contributed by atoms with Crippen LogP contribution in [0.1, 0.15) is 32.1 Å². The van der Waals surface area contributed by atoms with Gasteiger partial charge in [0.05, 0.1) is 11.7 Å². The first kappa shape index (κ1) is 10.2. The largest absolute Gasteiger partial charge is 0.381 e. The second-order valence-electron chi connectivity index (χ2n) is 4.08. The topological polar surface area (TPSA) is 18.5 Å². The van der Waals surface area contributed by atoms with Gasteiger partial charge < -0.3 is 9.47 Å². The number of ether oxygens (including phenoxy) is 2. The van der Waals surface area contributed by atoms with Crippen molar-refractivity contribution in [1.29, 1.82) is 0 Å². The fraction of sp³-hybridized carbons (Fsp3) is 1.00. The van der Waals surface area contributed by atoms with Gasteiger partial charge in [-0.25, -0.2) is 0 Å². The molecular formula is C10H17IO2. The summed E-state index contributed by atoms with van der Waals surface area (Å²) in [5.41, 5.74) is 0.201. The molecule has 76 valence electrons. The summed E-state index contributed by atoms with van der Waals surface area (Å²) in [4.78, 5) is 0. The summed E-state index contributed by atoms with van der Waals surface area (Å²) in [5.74, 6) is 0. The van der Waals surface area contributed by atoms with Crippen molar-refractivity contribution in [1.82, 2.24) is 0 Å². The number of alkyl halides is 1. The Morgan fingerprint density at radius 2 is 2.15 bits per heavy atom. The SMILES string of the molecule is ICC1CCC2(CCCOCC2)O1. The van der Waals surface area contributed by atoms with E-state index in [1.54, 1.807) is 0 Å². The Balaban J connectivity index is 1.95. The van der Waals surface area contributed by atoms with E-state index in [4.69, 9.17) is 9.47 Å². The molecule has 0 N–H and O–H groups in total. The molecule has 0 aliphatic carbocycles. The molecule has 2 fully saturated rings. The molecule has 2 atom stereocenters. The maximum atomic E-state index is 6.13. The fourth-order valence-electron chi connectivity index (χ4n) is 2.35. The quantitative estimate of drug-likeness (QED) is 0.547. The molecule has 2 aliphatic rings. The molecule has 13 heavy (non-hydrogen) atoms. The Hall–Kier alpha value is 0.650. The number of halogens is 1. The van der Waals surface area contributed by atoms with Gasteiger partial charge in [0.15, 0.2) is 0 Å². The Bertz CT molecular complexity index is 164. The summed E-state index contributed by atoms with van der Waals surface area (Å²) in [6.45, 7) is 1.83. The first-order chi connectivity index (χ1) is 6.35. The lowest BCUT2D eigenvalue weighted by Crippen LogP contribution is -2.29. The van der Waals surface area contributed by atoms with Crippen molar-refractivity contribution in [2.45, 2.75) is 43.8 Å². The Kier molecular flexibility index (Phi) is 3.48. The van der Waals surface area contributed by atoms with Gasteiger partial charge in [-0.15, -0.1) is 0 Å². The van der Waals surface area contributed by atoms with Gasteiger partial charge >= 0.3 is 0 Å². The maximum absolute atomic E-state index is 6.13. The molecule has 2 saturated heterocycles. The standard InChI is InChI=1S/C10H17IO2/c11-8-9-2-4-10(13-9)3-1-6-12-7-5-10/h9H,1-8H2. The van der Waals surface area contributed by atoms with E-state index in [0.29, 0.717) is 6.10 Å². The normalized spacial score (nSPS) is 40.8. The van der Waals surface area contributed by atoms with Gasteiger partial charge in [-0.3, -0.25) is 0 Å². The van der Waals surface area contributed by atoms with Crippen molar-refractivity contribution in [3.05, 3.63) is 0 Å². The first-order valence-corrected chi connectivity index (χ1v) is 6.69. The summed E-state index contributed by atoms with van der Waals surface area (Å²) in [7, 11) is 0. The molecule has 0 aromatic rings. The van der Waals surface area contributed by atoms with Gasteiger partial charge in [0.25, 0.3) is 0 Å². The molecule has 2 unspecified atom stereocenters. The molecule has 0 amide bonds. The van der Waals surface area contributed by atoms with E-state index in [9.17, 15) is 0 Å². The van der Waals surface area contributed by atoms with E-state index in [1.807, 2.05) is 0 Å². The van der Waals surface area contributed by atoms with Crippen LogP contribution in [0.2, 0.25) is 0 Å². The van der Waals surface area contributed by atoms with Gasteiger partial charge in [-0.2, -0.15) is 0 Å². The average Bonchev–Trinajstić information content (AvgIpc) is 2.40. The van der Waals surface area contributed by atoms with E-state index in [2.05, 4.69) is 22.6 Å². The molecule has 2 aliphatic heterocycles. The van der Waals surface area contributed by atoms with Crippen LogP contribution in [-0.2, 0) is 9.47 Å². The second kappa shape index (κ2) is 4.45. The highest BCUT2D eigenvalue weighted by Crippen LogP contribution is 2.38. The minimum atomic E-state index is 0.201. The molecule has 0 aromatic carbocycles. The van der Waals surface area contributed by atoms with Crippen molar-refractivity contribution in [2.75, 3.05) is 17.6 Å². The first-order valence-electron chi connectivity index (χ1n) is 5.16. The van der Waals surface area contributed by atoms with Gasteiger partial charge in [-0.05, 0) is 32.1 Å². The van der Waals surface area contributed by atoms with Crippen LogP contribution >= 0.6 is 22.6 Å². The zero-order valence-electron chi connectivity index (χ0n) is 7.93. The molecule has 2 nitrogen and oxygen atoms in total. The van der Waals surface area contributed by atoms with Crippen LogP contribution in [0.4, 0.5) is 0 Å². The zero-order valence-corrected chi connectivity index (χ0v) is 10.1. The molecule has 0 aromatic heterocycles. The third-order valence-electron chi connectivity index (χ3n) is 3.13. The highest BCUT2D eigenvalue weighted by Gasteiger charge is 2.39. The van der Waals surface area contributed by atoms with Crippen LogP contribution in [-0.4, -0.2) is 29.3 Å². The van der Waals surface area contributed by atoms with Crippen molar-refractivity contribution >= 4 is 22.6 Å². The van der Waals surface area contributed by atoms with Gasteiger partial charge in [0, 0.05) is 17.6 Å². The molecule has 2 heterocycles. The zero-order chi connectivity index (χ0) is 9.15. The summed E-state index contributed by atoms with van der Waals surface area (Å²) in [6, 6.07) is 0. The predicted molar refractivity (Wildman–Crippen MR) is 60.4 cm³/mol. The molecule has 0 bridgehead atoms. The van der Waals surface area contributed by atoms with Crippen LogP contribution in [0, 0.1) is 0 Å². The summed E-state index contributed by atoms with van der Waals surface area (Å²) in [6.07, 6.45) is 6.51. The van der Waals surface area contributed by atoms with Crippen LogP contribution in [0.3, 0.4) is 0 Å². The van der Waals surface area contributed by atoms with E-state index in [1.165, 1.54) is 25.7 Å². The lowest BCUT2D eigenvalue weighted by Gasteiger charge is -2.27. The van der Waals surface area contributed by atoms with Crippen LogP contribution in [0.5, 0.6) is 0 Å². The summed E-state index contributed by atoms with van der Waals surface area (Å²) >= 11 is 2.42. The highest BCUT2D eigenvalue weighted by molar-refractivity contribution is 14.1. The van der Waals surface area contributed by atoms with Gasteiger partial charge in [0.2, 0.25) is 0 Å². The van der Waals surface area contributed by atoms with Crippen LogP contribution in [0.25, 0.3) is 0 Å². The number of rotatable bonds is 1. The van der Waals surface area contributed by atoms with Crippen molar-refractivity contribution in [3.63, 3.8) is 0 Å². The predicted octanol–water partition coefficient (Wildman–Crippen LogP) is 2.54. The van der Waals surface area contributed by atoms with E-state index >= 15 is 0 Å². The third kappa shape index (κ3) is 2.36. The second-order valence-corrected chi connectivity index (χ2v) is 4.96. The smallest absolute Gasteiger partial charge is 0.0710 e. The van der Waals surface area contributed by atoms with E-state index < -0.39 is 0 Å². The lowest BCUT2D eigenvalue weighted by atomic mass is 9.92. The van der Waals surface area contributed by atoms with Crippen LogP contribution < -0.4 is 0 Å². The van der Waals surface area contributed by atoms with Gasteiger partial charge in [-0.1, -0.05) is 22.6 Å². The molecule has 2 rings (SSSR count). The van der Waals surface area contributed by atoms with Crippen molar-refractivity contribution < 1.29 is 9.47 Å². The summed E-state index contributed by atoms with van der Waals surface area (Å²) in [5, 5.41) is 0. The minimum Gasteiger partial charge on any atom is -0.381 e. The Morgan fingerprint density at radius 1 is 1.23 bits per heavy atom. The summed E-state index contributed by atoms with van der Waals surface area (Å²) < 4.78 is 12.7. The lowest BCUT2D eigenvalue weighted by molar-refractivity contribution is -0.0435. The molecule has 1 spiro atoms. The average molecular weight is 296 g/mol. The van der Waals surface area contributed by atoms with Crippen molar-refractivity contribution in [2.24, 2.45) is 0 Å². The molecular weight excluding hydrogens is 279 g/mol. The Labute approximate surface area is 93.5 Å². The maximum Gasteiger partial charge on any atom is 0.0710 e. The number of hydrogen-bond acceptors (Lipinski definition) is 2. The highest BCUT2D eigenvalue weighted by atomic mass is 127. The molecule has 0 radical (unpaired) electrons. The third-order valence-corrected chi connectivity index (χ3v) is 4.12.